The molecule has 0 aliphatic heterocycles. The molecule has 0 aliphatic carbocycles. The van der Waals surface area contributed by atoms with Gasteiger partial charge in [-0.2, -0.15) is 5.10 Å². The van der Waals surface area contributed by atoms with Gasteiger partial charge < -0.3 is 9.88 Å². The third-order valence-corrected chi connectivity index (χ3v) is 5.59. The molecule has 1 atom stereocenters. The van der Waals surface area contributed by atoms with Gasteiger partial charge in [-0.1, -0.05) is 66.4 Å². The van der Waals surface area contributed by atoms with Crippen molar-refractivity contribution in [3.8, 4) is 0 Å². The van der Waals surface area contributed by atoms with Crippen LogP contribution in [0.15, 0.2) is 83.6 Å². The van der Waals surface area contributed by atoms with Crippen LogP contribution >= 0.6 is 11.8 Å². The Morgan fingerprint density at radius 2 is 1.84 bits per heavy atom. The molecule has 1 amide bonds. The molecule has 2 N–H and O–H groups in total. The average Bonchev–Trinajstić information content (AvgIpc) is 3.18. The van der Waals surface area contributed by atoms with Crippen molar-refractivity contribution >= 4 is 29.1 Å². The molecule has 0 saturated carbocycles. The first-order valence-electron chi connectivity index (χ1n) is 9.96. The molecular formula is C23H26N6OS. The highest BCUT2D eigenvalue weighted by Gasteiger charge is 2.19. The highest BCUT2D eigenvalue weighted by atomic mass is 32.2. The summed E-state index contributed by atoms with van der Waals surface area (Å²) in [4.78, 5) is 12.5. The summed E-state index contributed by atoms with van der Waals surface area (Å²) < 4.78 is 1.95. The molecule has 31 heavy (non-hydrogen) atoms. The molecule has 0 aliphatic rings. The summed E-state index contributed by atoms with van der Waals surface area (Å²) in [6.07, 6.45) is 1.79. The molecule has 7 nitrogen and oxygen atoms in total. The van der Waals surface area contributed by atoms with E-state index in [1.54, 1.807) is 6.08 Å². The number of allylic oxidation sites excluding steroid dienone is 1. The Hall–Kier alpha value is -3.39. The van der Waals surface area contributed by atoms with E-state index < -0.39 is 5.25 Å². The van der Waals surface area contributed by atoms with Gasteiger partial charge in [0.2, 0.25) is 0 Å². The second-order valence-electron chi connectivity index (χ2n) is 6.82. The maximum absolute atomic E-state index is 12.5. The number of carbonyl (C=O) groups excluding carboxylic acids is 1. The van der Waals surface area contributed by atoms with Gasteiger partial charge in [-0.05, 0) is 31.5 Å². The van der Waals surface area contributed by atoms with Crippen LogP contribution in [0, 0.1) is 0 Å². The SMILES string of the molecule is C=CCn1c(CNc2ccccc2)nnc1S[C@@H](C)C(=O)N/N=C(\C)c1ccccc1. The van der Waals surface area contributed by atoms with Gasteiger partial charge in [0.15, 0.2) is 11.0 Å². The second-order valence-corrected chi connectivity index (χ2v) is 8.12. The maximum atomic E-state index is 12.5. The van der Waals surface area contributed by atoms with E-state index in [9.17, 15) is 4.79 Å². The van der Waals surface area contributed by atoms with E-state index in [1.165, 1.54) is 11.8 Å². The molecule has 1 heterocycles. The Labute approximate surface area is 186 Å². The van der Waals surface area contributed by atoms with E-state index in [2.05, 4.69) is 32.6 Å². The molecule has 3 rings (SSSR count). The van der Waals surface area contributed by atoms with Crippen molar-refractivity contribution in [1.82, 2.24) is 20.2 Å². The maximum Gasteiger partial charge on any atom is 0.253 e. The molecule has 0 saturated heterocycles. The summed E-state index contributed by atoms with van der Waals surface area (Å²) in [5.74, 6) is 0.578. The van der Waals surface area contributed by atoms with Crippen LogP contribution < -0.4 is 10.7 Å². The molecule has 0 fully saturated rings. The van der Waals surface area contributed by atoms with Crippen molar-refractivity contribution in [3.63, 3.8) is 0 Å². The number of nitrogens with zero attached hydrogens (tertiary/aromatic N) is 4. The van der Waals surface area contributed by atoms with Gasteiger partial charge in [-0.25, -0.2) is 5.43 Å². The summed E-state index contributed by atoms with van der Waals surface area (Å²) in [5.41, 5.74) is 5.36. The minimum Gasteiger partial charge on any atom is -0.378 e. The van der Waals surface area contributed by atoms with Crippen molar-refractivity contribution in [3.05, 3.63) is 84.7 Å². The van der Waals surface area contributed by atoms with Crippen molar-refractivity contribution in [2.45, 2.75) is 37.3 Å². The zero-order valence-corrected chi connectivity index (χ0v) is 18.5. The average molecular weight is 435 g/mol. The van der Waals surface area contributed by atoms with Crippen LogP contribution in [0.3, 0.4) is 0 Å². The van der Waals surface area contributed by atoms with Crippen molar-refractivity contribution < 1.29 is 4.79 Å². The van der Waals surface area contributed by atoms with E-state index in [4.69, 9.17) is 0 Å². The summed E-state index contributed by atoms with van der Waals surface area (Å²) in [6, 6.07) is 19.6. The lowest BCUT2D eigenvalue weighted by molar-refractivity contribution is -0.120. The predicted molar refractivity (Wildman–Crippen MR) is 126 cm³/mol. The number of hydrazone groups is 1. The summed E-state index contributed by atoms with van der Waals surface area (Å²) in [5, 5.41) is 16.4. The van der Waals surface area contributed by atoms with Gasteiger partial charge >= 0.3 is 0 Å². The Bertz CT molecular complexity index is 1030. The number of carbonyl (C=O) groups is 1. The van der Waals surface area contributed by atoms with Crippen molar-refractivity contribution in [1.29, 1.82) is 0 Å². The topological polar surface area (TPSA) is 84.2 Å². The summed E-state index contributed by atoms with van der Waals surface area (Å²) in [7, 11) is 0. The lowest BCUT2D eigenvalue weighted by Crippen LogP contribution is -2.28. The fourth-order valence-electron chi connectivity index (χ4n) is 2.77. The molecular weight excluding hydrogens is 408 g/mol. The summed E-state index contributed by atoms with van der Waals surface area (Å²) in [6.45, 7) is 8.58. The zero-order chi connectivity index (χ0) is 22.1. The standard InChI is InChI=1S/C23H26N6OS/c1-4-15-29-21(16-24-20-13-9-6-10-14-20)26-28-23(29)31-18(3)22(30)27-25-17(2)19-11-7-5-8-12-19/h4-14,18,24H,1,15-16H2,2-3H3,(H,27,30)/b25-17+/t18-/m0/s1. The number of amides is 1. The smallest absolute Gasteiger partial charge is 0.253 e. The zero-order valence-electron chi connectivity index (χ0n) is 17.7. The van der Waals surface area contributed by atoms with Crippen LogP contribution in [0.2, 0.25) is 0 Å². The van der Waals surface area contributed by atoms with E-state index in [0.29, 0.717) is 18.2 Å². The second kappa shape index (κ2) is 11.1. The van der Waals surface area contributed by atoms with E-state index in [1.807, 2.05) is 79.1 Å². The van der Waals surface area contributed by atoms with Gasteiger partial charge in [0.25, 0.3) is 5.91 Å². The number of anilines is 1. The minimum atomic E-state index is -0.393. The number of para-hydroxylation sites is 1. The Morgan fingerprint density at radius 1 is 1.16 bits per heavy atom. The first-order chi connectivity index (χ1) is 15.1. The van der Waals surface area contributed by atoms with Crippen LogP contribution in [0.5, 0.6) is 0 Å². The van der Waals surface area contributed by atoms with E-state index in [0.717, 1.165) is 22.8 Å². The first-order valence-corrected chi connectivity index (χ1v) is 10.8. The van der Waals surface area contributed by atoms with Gasteiger partial charge in [-0.15, -0.1) is 16.8 Å². The molecule has 160 valence electrons. The molecule has 0 spiro atoms. The number of hydrogen-bond acceptors (Lipinski definition) is 6. The number of hydrogen-bond donors (Lipinski definition) is 2. The number of rotatable bonds is 10. The largest absolute Gasteiger partial charge is 0.378 e. The predicted octanol–water partition coefficient (Wildman–Crippen LogP) is 4.10. The quantitative estimate of drug-likeness (QED) is 0.217. The number of benzene rings is 2. The monoisotopic (exact) mass is 434 g/mol. The van der Waals surface area contributed by atoms with Crippen LogP contribution in [-0.4, -0.2) is 31.6 Å². The molecule has 8 heteroatoms. The van der Waals surface area contributed by atoms with Gasteiger partial charge in [0, 0.05) is 12.2 Å². The Morgan fingerprint density at radius 3 is 2.52 bits per heavy atom. The van der Waals surface area contributed by atoms with Gasteiger partial charge in [0.05, 0.1) is 17.5 Å². The highest BCUT2D eigenvalue weighted by molar-refractivity contribution is 8.00. The van der Waals surface area contributed by atoms with Gasteiger partial charge in [-0.3, -0.25) is 4.79 Å². The normalized spacial score (nSPS) is 12.3. The number of thioether (sulfide) groups is 1. The number of nitrogens with one attached hydrogen (secondary N) is 2. The fourth-order valence-corrected chi connectivity index (χ4v) is 3.64. The Balaban J connectivity index is 1.63. The van der Waals surface area contributed by atoms with Crippen molar-refractivity contribution in [2.75, 3.05) is 5.32 Å². The van der Waals surface area contributed by atoms with Crippen LogP contribution in [0.25, 0.3) is 0 Å². The van der Waals surface area contributed by atoms with Crippen LogP contribution in [-0.2, 0) is 17.9 Å². The molecule has 0 bridgehead atoms. The van der Waals surface area contributed by atoms with E-state index in [-0.39, 0.29) is 5.91 Å². The fraction of sp³-hybridized carbons (Fsp3) is 0.217. The summed E-state index contributed by atoms with van der Waals surface area (Å²) >= 11 is 1.34. The lowest BCUT2D eigenvalue weighted by Gasteiger charge is -2.12. The lowest BCUT2D eigenvalue weighted by atomic mass is 10.1. The minimum absolute atomic E-state index is 0.197. The molecule has 0 unspecified atom stereocenters. The third-order valence-electron chi connectivity index (χ3n) is 4.51. The highest BCUT2D eigenvalue weighted by Crippen LogP contribution is 2.23. The Kier molecular flexibility index (Phi) is 8.00. The van der Waals surface area contributed by atoms with E-state index >= 15 is 0 Å². The molecule has 2 aromatic carbocycles. The first kappa shape index (κ1) is 22.3. The molecule has 0 radical (unpaired) electrons. The molecule has 1 aromatic heterocycles. The van der Waals surface area contributed by atoms with Crippen molar-refractivity contribution in [2.24, 2.45) is 5.10 Å². The molecule has 3 aromatic rings. The third kappa shape index (κ3) is 6.29. The number of aromatic nitrogens is 3. The van der Waals surface area contributed by atoms with Gasteiger partial charge in [0.1, 0.15) is 0 Å². The van der Waals surface area contributed by atoms with Crippen LogP contribution in [0.4, 0.5) is 5.69 Å². The van der Waals surface area contributed by atoms with Crippen LogP contribution in [0.1, 0.15) is 25.2 Å².